The van der Waals surface area contributed by atoms with Crippen LogP contribution < -0.4 is 20.1 Å². The lowest BCUT2D eigenvalue weighted by atomic mass is 10.1. The van der Waals surface area contributed by atoms with Crippen molar-refractivity contribution in [1.82, 2.24) is 9.97 Å². The summed E-state index contributed by atoms with van der Waals surface area (Å²) in [6, 6.07) is 16.8. The number of anilines is 2. The molecule has 0 aliphatic carbocycles. The van der Waals surface area contributed by atoms with Gasteiger partial charge in [0.05, 0.1) is 25.9 Å². The van der Waals surface area contributed by atoms with E-state index in [4.69, 9.17) is 9.47 Å². The van der Waals surface area contributed by atoms with E-state index in [0.717, 1.165) is 5.56 Å². The second kappa shape index (κ2) is 9.05. The summed E-state index contributed by atoms with van der Waals surface area (Å²) in [5.74, 6) is 1.17. The normalized spacial score (nSPS) is 11.4. The minimum Gasteiger partial charge on any atom is -0.497 e. The third kappa shape index (κ3) is 5.01. The number of nitrogens with one attached hydrogen (secondary N) is 2. The van der Waals surface area contributed by atoms with Gasteiger partial charge in [-0.25, -0.2) is 9.97 Å². The first-order chi connectivity index (χ1) is 14.0. The highest BCUT2D eigenvalue weighted by atomic mass is 16.5. The molecule has 1 aromatic heterocycles. The van der Waals surface area contributed by atoms with Crippen LogP contribution in [0, 0.1) is 6.92 Å². The zero-order valence-electron chi connectivity index (χ0n) is 16.9. The molecule has 7 heteroatoms. The van der Waals surface area contributed by atoms with Crippen LogP contribution in [-0.2, 0) is 0 Å². The Morgan fingerprint density at radius 3 is 2.45 bits per heavy atom. The summed E-state index contributed by atoms with van der Waals surface area (Å²) in [6.07, 6.45) is 0. The van der Waals surface area contributed by atoms with Crippen LogP contribution in [0.15, 0.2) is 54.6 Å². The van der Waals surface area contributed by atoms with E-state index >= 15 is 0 Å². The molecule has 0 saturated carbocycles. The number of hydrogen-bond donors (Lipinski definition) is 2. The highest BCUT2D eigenvalue weighted by molar-refractivity contribution is 6.04. The molecule has 0 fully saturated rings. The van der Waals surface area contributed by atoms with Crippen molar-refractivity contribution in [2.24, 2.45) is 0 Å². The van der Waals surface area contributed by atoms with Crippen LogP contribution in [-0.4, -0.2) is 30.1 Å². The number of benzene rings is 2. The Morgan fingerprint density at radius 2 is 1.76 bits per heavy atom. The Morgan fingerprint density at radius 1 is 1.00 bits per heavy atom. The smallest absolute Gasteiger partial charge is 0.274 e. The van der Waals surface area contributed by atoms with Gasteiger partial charge in [-0.3, -0.25) is 4.79 Å². The lowest BCUT2D eigenvalue weighted by Crippen LogP contribution is -2.17. The fraction of sp³-hybridized carbons (Fsp3) is 0.227. The van der Waals surface area contributed by atoms with Crippen LogP contribution in [0.2, 0.25) is 0 Å². The van der Waals surface area contributed by atoms with Crippen molar-refractivity contribution in [3.8, 4) is 11.5 Å². The Balaban J connectivity index is 1.81. The summed E-state index contributed by atoms with van der Waals surface area (Å²) in [4.78, 5) is 21.6. The third-order valence-electron chi connectivity index (χ3n) is 4.39. The number of amides is 1. The van der Waals surface area contributed by atoms with Crippen molar-refractivity contribution in [3.05, 3.63) is 71.5 Å². The second-order valence-electron chi connectivity index (χ2n) is 6.52. The number of carbonyl (C=O) groups is 1. The number of aryl methyl sites for hydroxylation is 1. The first-order valence-corrected chi connectivity index (χ1v) is 9.20. The summed E-state index contributed by atoms with van der Waals surface area (Å²) in [5.41, 5.74) is 2.54. The molecule has 3 aromatic rings. The minimum atomic E-state index is -0.363. The van der Waals surface area contributed by atoms with E-state index in [1.807, 2.05) is 44.2 Å². The minimum absolute atomic E-state index is 0.00705. The Kier molecular flexibility index (Phi) is 6.29. The number of hydrogen-bond acceptors (Lipinski definition) is 6. The van der Waals surface area contributed by atoms with Gasteiger partial charge in [-0.2, -0.15) is 0 Å². The van der Waals surface area contributed by atoms with Crippen molar-refractivity contribution >= 4 is 17.5 Å². The van der Waals surface area contributed by atoms with Crippen LogP contribution >= 0.6 is 0 Å². The summed E-state index contributed by atoms with van der Waals surface area (Å²) >= 11 is 0. The standard InChI is InChI=1S/C22H24N4O3/c1-14-12-19(21(27)25-18-13-17(28-3)10-11-20(18)29-4)26-22(23-14)24-15(2)16-8-6-5-7-9-16/h5-13,15H,1-4H3,(H,25,27)(H,23,24,26). The number of methoxy groups -OCH3 is 2. The molecule has 2 N–H and O–H groups in total. The molecule has 0 radical (unpaired) electrons. The first kappa shape index (κ1) is 20.1. The fourth-order valence-electron chi connectivity index (χ4n) is 2.87. The fourth-order valence-corrected chi connectivity index (χ4v) is 2.87. The monoisotopic (exact) mass is 392 g/mol. The number of carbonyl (C=O) groups excluding carboxylic acids is 1. The molecule has 0 spiro atoms. The third-order valence-corrected chi connectivity index (χ3v) is 4.39. The van der Waals surface area contributed by atoms with E-state index in [0.29, 0.717) is 28.8 Å². The molecule has 0 aliphatic rings. The van der Waals surface area contributed by atoms with Crippen molar-refractivity contribution in [2.45, 2.75) is 19.9 Å². The molecule has 1 atom stereocenters. The van der Waals surface area contributed by atoms with E-state index < -0.39 is 0 Å². The van der Waals surface area contributed by atoms with Gasteiger partial charge in [-0.1, -0.05) is 30.3 Å². The van der Waals surface area contributed by atoms with E-state index in [9.17, 15) is 4.79 Å². The Bertz CT molecular complexity index is 993. The Labute approximate surface area is 170 Å². The number of ether oxygens (including phenoxy) is 2. The maximum absolute atomic E-state index is 12.8. The van der Waals surface area contributed by atoms with E-state index in [1.54, 1.807) is 38.5 Å². The summed E-state index contributed by atoms with van der Waals surface area (Å²) < 4.78 is 10.5. The maximum Gasteiger partial charge on any atom is 0.274 e. The SMILES string of the molecule is COc1ccc(OC)c(NC(=O)c2cc(C)nc(NC(C)c3ccccc3)n2)c1. The number of aromatic nitrogens is 2. The first-order valence-electron chi connectivity index (χ1n) is 9.20. The largest absolute Gasteiger partial charge is 0.497 e. The molecule has 1 heterocycles. The van der Waals surface area contributed by atoms with Gasteiger partial charge in [0.1, 0.15) is 17.2 Å². The Hall–Kier alpha value is -3.61. The highest BCUT2D eigenvalue weighted by Crippen LogP contribution is 2.29. The van der Waals surface area contributed by atoms with Gasteiger partial charge in [0.2, 0.25) is 5.95 Å². The molecule has 0 aliphatic heterocycles. The second-order valence-corrected chi connectivity index (χ2v) is 6.52. The van der Waals surface area contributed by atoms with E-state index in [-0.39, 0.29) is 17.6 Å². The van der Waals surface area contributed by atoms with Gasteiger partial charge in [-0.15, -0.1) is 0 Å². The molecule has 150 valence electrons. The lowest BCUT2D eigenvalue weighted by molar-refractivity contribution is 0.102. The van der Waals surface area contributed by atoms with Crippen molar-refractivity contribution < 1.29 is 14.3 Å². The maximum atomic E-state index is 12.8. The molecule has 3 rings (SSSR count). The summed E-state index contributed by atoms with van der Waals surface area (Å²) in [5, 5.41) is 6.08. The molecule has 2 aromatic carbocycles. The molecule has 0 saturated heterocycles. The topological polar surface area (TPSA) is 85.4 Å². The number of rotatable bonds is 7. The molecular weight excluding hydrogens is 368 g/mol. The van der Waals surface area contributed by atoms with E-state index in [1.165, 1.54) is 0 Å². The van der Waals surface area contributed by atoms with Crippen LogP contribution in [0.5, 0.6) is 11.5 Å². The van der Waals surface area contributed by atoms with Crippen LogP contribution in [0.4, 0.5) is 11.6 Å². The predicted molar refractivity (Wildman–Crippen MR) is 113 cm³/mol. The van der Waals surface area contributed by atoms with Gasteiger partial charge >= 0.3 is 0 Å². The quantitative estimate of drug-likeness (QED) is 0.626. The van der Waals surface area contributed by atoms with E-state index in [2.05, 4.69) is 20.6 Å². The van der Waals surface area contributed by atoms with Crippen molar-refractivity contribution in [2.75, 3.05) is 24.9 Å². The average Bonchev–Trinajstić information content (AvgIpc) is 2.73. The number of nitrogens with zero attached hydrogens (tertiary/aromatic N) is 2. The van der Waals surface area contributed by atoms with Crippen molar-refractivity contribution in [3.63, 3.8) is 0 Å². The highest BCUT2D eigenvalue weighted by Gasteiger charge is 2.15. The van der Waals surface area contributed by atoms with Crippen molar-refractivity contribution in [1.29, 1.82) is 0 Å². The van der Waals surface area contributed by atoms with Crippen LogP contribution in [0.3, 0.4) is 0 Å². The molecule has 1 unspecified atom stereocenters. The zero-order valence-corrected chi connectivity index (χ0v) is 16.9. The molecule has 1 amide bonds. The zero-order chi connectivity index (χ0) is 20.8. The predicted octanol–water partition coefficient (Wildman–Crippen LogP) is 4.23. The molecular formula is C22H24N4O3. The molecule has 7 nitrogen and oxygen atoms in total. The van der Waals surface area contributed by atoms with Crippen LogP contribution in [0.25, 0.3) is 0 Å². The average molecular weight is 392 g/mol. The van der Waals surface area contributed by atoms with Crippen LogP contribution in [0.1, 0.15) is 34.7 Å². The molecule has 29 heavy (non-hydrogen) atoms. The van der Waals surface area contributed by atoms with Gasteiger partial charge in [0.15, 0.2) is 0 Å². The lowest BCUT2D eigenvalue weighted by Gasteiger charge is -2.15. The van der Waals surface area contributed by atoms with Gasteiger partial charge < -0.3 is 20.1 Å². The van der Waals surface area contributed by atoms with Gasteiger partial charge in [0.25, 0.3) is 5.91 Å². The summed E-state index contributed by atoms with van der Waals surface area (Å²) in [6.45, 7) is 3.84. The van der Waals surface area contributed by atoms with Gasteiger partial charge in [0, 0.05) is 11.8 Å². The van der Waals surface area contributed by atoms with Gasteiger partial charge in [-0.05, 0) is 37.6 Å². The molecule has 0 bridgehead atoms. The summed E-state index contributed by atoms with van der Waals surface area (Å²) in [7, 11) is 3.10.